The maximum atomic E-state index is 11.2. The molecular formula is C11H18N2O6. The number of Topliss-reactive ketones (excluding diaryl/α,β-unsaturated/α-hetero) is 2. The number of nitrogens with two attached hydrogens (primary N) is 2. The lowest BCUT2D eigenvalue weighted by Crippen LogP contribution is -2.38. The topological polar surface area (TPSA) is 139 Å². The lowest BCUT2D eigenvalue weighted by molar-refractivity contribution is -0.173. The van der Waals surface area contributed by atoms with Crippen LogP contribution in [-0.4, -0.2) is 42.4 Å². The van der Waals surface area contributed by atoms with Crippen molar-refractivity contribution in [2.24, 2.45) is 11.5 Å². The summed E-state index contributed by atoms with van der Waals surface area (Å²) in [5, 5.41) is 0. The number of ether oxygens (including phenoxy) is 2. The summed E-state index contributed by atoms with van der Waals surface area (Å²) in [5.41, 5.74) is 10.7. The van der Waals surface area contributed by atoms with Gasteiger partial charge in [-0.05, 0) is 12.8 Å². The normalized spacial score (nSPS) is 13.3. The van der Waals surface area contributed by atoms with Gasteiger partial charge in [-0.15, -0.1) is 0 Å². The van der Waals surface area contributed by atoms with Gasteiger partial charge in [0.1, 0.15) is 0 Å². The average molecular weight is 274 g/mol. The van der Waals surface area contributed by atoms with Gasteiger partial charge in [-0.1, -0.05) is 13.8 Å². The molecule has 2 atom stereocenters. The summed E-state index contributed by atoms with van der Waals surface area (Å²) in [6.07, 6.45) is 0.551. The van der Waals surface area contributed by atoms with Gasteiger partial charge in [-0.2, -0.15) is 0 Å². The standard InChI is InChI=1S/C11H18N2O6/c1-3-6(12)8(14)10(16)18-5-19-11(17)9(15)7(13)4-2/h6-7H,3-5,12-13H2,1-2H3. The zero-order valence-electron chi connectivity index (χ0n) is 10.9. The van der Waals surface area contributed by atoms with Crippen LogP contribution in [0.1, 0.15) is 26.7 Å². The number of hydrogen-bond acceptors (Lipinski definition) is 8. The van der Waals surface area contributed by atoms with Gasteiger partial charge in [0.25, 0.3) is 11.6 Å². The minimum absolute atomic E-state index is 0.275. The van der Waals surface area contributed by atoms with Crippen molar-refractivity contribution in [2.45, 2.75) is 38.8 Å². The van der Waals surface area contributed by atoms with Crippen molar-refractivity contribution in [1.29, 1.82) is 0 Å². The van der Waals surface area contributed by atoms with E-state index >= 15 is 0 Å². The van der Waals surface area contributed by atoms with Gasteiger partial charge in [-0.3, -0.25) is 9.59 Å². The zero-order valence-corrected chi connectivity index (χ0v) is 10.9. The van der Waals surface area contributed by atoms with Crippen molar-refractivity contribution in [3.05, 3.63) is 0 Å². The highest BCUT2D eigenvalue weighted by Gasteiger charge is 2.24. The maximum absolute atomic E-state index is 11.2. The molecule has 0 saturated heterocycles. The van der Waals surface area contributed by atoms with Crippen LogP contribution in [0.15, 0.2) is 0 Å². The summed E-state index contributed by atoms with van der Waals surface area (Å²) in [7, 11) is 0. The smallest absolute Gasteiger partial charge is 0.379 e. The summed E-state index contributed by atoms with van der Waals surface area (Å²) in [5.74, 6) is -4.27. The molecule has 19 heavy (non-hydrogen) atoms. The molecule has 8 heteroatoms. The van der Waals surface area contributed by atoms with Crippen molar-refractivity contribution >= 4 is 23.5 Å². The fourth-order valence-electron chi connectivity index (χ4n) is 0.952. The summed E-state index contributed by atoms with van der Waals surface area (Å²) in [4.78, 5) is 44.7. The number of ketones is 2. The van der Waals surface area contributed by atoms with Crippen LogP contribution >= 0.6 is 0 Å². The fraction of sp³-hybridized carbons (Fsp3) is 0.636. The van der Waals surface area contributed by atoms with E-state index in [1.165, 1.54) is 0 Å². The van der Waals surface area contributed by atoms with Crippen molar-refractivity contribution in [3.8, 4) is 0 Å². The monoisotopic (exact) mass is 274 g/mol. The van der Waals surface area contributed by atoms with Crippen molar-refractivity contribution in [1.82, 2.24) is 0 Å². The average Bonchev–Trinajstić information content (AvgIpc) is 2.43. The SMILES string of the molecule is CCC(N)C(=O)C(=O)OCOC(=O)C(=O)C(N)CC. The Morgan fingerprint density at radius 3 is 1.42 bits per heavy atom. The van der Waals surface area contributed by atoms with Gasteiger partial charge < -0.3 is 20.9 Å². The van der Waals surface area contributed by atoms with E-state index in [1.807, 2.05) is 0 Å². The molecule has 0 amide bonds. The first kappa shape index (κ1) is 17.2. The molecule has 0 saturated carbocycles. The van der Waals surface area contributed by atoms with Crippen LogP contribution in [-0.2, 0) is 28.7 Å². The van der Waals surface area contributed by atoms with E-state index in [9.17, 15) is 19.2 Å². The summed E-state index contributed by atoms with van der Waals surface area (Å²) >= 11 is 0. The van der Waals surface area contributed by atoms with Crippen molar-refractivity contribution in [3.63, 3.8) is 0 Å². The Kier molecular flexibility index (Phi) is 7.54. The second-order valence-corrected chi connectivity index (χ2v) is 3.74. The summed E-state index contributed by atoms with van der Waals surface area (Å²) in [6.45, 7) is 2.42. The van der Waals surface area contributed by atoms with Gasteiger partial charge in [0.05, 0.1) is 12.1 Å². The van der Waals surface area contributed by atoms with E-state index in [4.69, 9.17) is 11.5 Å². The van der Waals surface area contributed by atoms with Gasteiger partial charge in [0.2, 0.25) is 6.79 Å². The third-order valence-electron chi connectivity index (χ3n) is 2.34. The van der Waals surface area contributed by atoms with E-state index in [0.717, 1.165) is 0 Å². The Hall–Kier alpha value is -1.80. The Bertz CT molecular complexity index is 334. The first-order valence-corrected chi connectivity index (χ1v) is 5.78. The van der Waals surface area contributed by atoms with Crippen molar-refractivity contribution in [2.75, 3.05) is 6.79 Å². The summed E-state index contributed by atoms with van der Waals surface area (Å²) in [6, 6.07) is -1.92. The molecule has 0 aromatic rings. The van der Waals surface area contributed by atoms with Crippen LogP contribution in [0.25, 0.3) is 0 Å². The number of carbonyl (C=O) groups is 4. The third kappa shape index (κ3) is 5.58. The molecule has 0 heterocycles. The minimum Gasteiger partial charge on any atom is -0.422 e. The fourth-order valence-corrected chi connectivity index (χ4v) is 0.952. The highest BCUT2D eigenvalue weighted by Crippen LogP contribution is 1.95. The van der Waals surface area contributed by atoms with Crippen molar-refractivity contribution < 1.29 is 28.7 Å². The Balaban J connectivity index is 4.10. The third-order valence-corrected chi connectivity index (χ3v) is 2.34. The molecule has 0 spiro atoms. The first-order valence-electron chi connectivity index (χ1n) is 5.78. The van der Waals surface area contributed by atoms with Crippen LogP contribution in [0.3, 0.4) is 0 Å². The van der Waals surface area contributed by atoms with E-state index in [0.29, 0.717) is 0 Å². The highest BCUT2D eigenvalue weighted by molar-refractivity contribution is 6.36. The van der Waals surface area contributed by atoms with Crippen LogP contribution in [0.2, 0.25) is 0 Å². The van der Waals surface area contributed by atoms with E-state index in [2.05, 4.69) is 9.47 Å². The molecule has 0 aliphatic carbocycles. The van der Waals surface area contributed by atoms with Gasteiger partial charge in [0.15, 0.2) is 0 Å². The second-order valence-electron chi connectivity index (χ2n) is 3.74. The first-order chi connectivity index (χ1) is 8.84. The predicted molar refractivity (Wildman–Crippen MR) is 63.6 cm³/mol. The maximum Gasteiger partial charge on any atom is 0.379 e. The quantitative estimate of drug-likeness (QED) is 0.314. The molecule has 4 N–H and O–H groups in total. The molecule has 0 aliphatic rings. The van der Waals surface area contributed by atoms with E-state index < -0.39 is 42.4 Å². The molecule has 0 aromatic carbocycles. The molecule has 0 aromatic heterocycles. The molecular weight excluding hydrogens is 256 g/mol. The Labute approximate surface area is 110 Å². The highest BCUT2D eigenvalue weighted by atomic mass is 16.7. The molecule has 2 unspecified atom stereocenters. The Morgan fingerprint density at radius 1 is 0.842 bits per heavy atom. The Morgan fingerprint density at radius 2 is 1.16 bits per heavy atom. The number of rotatable bonds is 8. The second kappa shape index (κ2) is 8.33. The molecule has 8 nitrogen and oxygen atoms in total. The molecule has 0 aliphatic heterocycles. The predicted octanol–water partition coefficient (Wildman–Crippen LogP) is -1.36. The molecule has 0 bridgehead atoms. The van der Waals surface area contributed by atoms with Crippen LogP contribution in [0, 0.1) is 0 Å². The number of hydrogen-bond donors (Lipinski definition) is 2. The zero-order chi connectivity index (χ0) is 15.0. The minimum atomic E-state index is -1.21. The lowest BCUT2D eigenvalue weighted by atomic mass is 10.1. The summed E-state index contributed by atoms with van der Waals surface area (Å²) < 4.78 is 8.71. The molecule has 0 rings (SSSR count). The van der Waals surface area contributed by atoms with Crippen LogP contribution in [0.4, 0.5) is 0 Å². The van der Waals surface area contributed by atoms with Crippen LogP contribution in [0.5, 0.6) is 0 Å². The van der Waals surface area contributed by atoms with Gasteiger partial charge in [0, 0.05) is 0 Å². The number of carbonyl (C=O) groups excluding carboxylic acids is 4. The van der Waals surface area contributed by atoms with Crippen LogP contribution < -0.4 is 11.5 Å². The molecule has 0 fully saturated rings. The van der Waals surface area contributed by atoms with Gasteiger partial charge >= 0.3 is 11.9 Å². The number of esters is 2. The lowest BCUT2D eigenvalue weighted by Gasteiger charge is -2.09. The van der Waals surface area contributed by atoms with Gasteiger partial charge in [-0.25, -0.2) is 9.59 Å². The van der Waals surface area contributed by atoms with E-state index in [1.54, 1.807) is 13.8 Å². The largest absolute Gasteiger partial charge is 0.422 e. The molecule has 0 radical (unpaired) electrons. The van der Waals surface area contributed by atoms with E-state index in [-0.39, 0.29) is 12.8 Å². The molecule has 108 valence electrons.